The first kappa shape index (κ1) is 24.7. The molecule has 2 rings (SSSR count). The van der Waals surface area contributed by atoms with Crippen LogP contribution in [-0.2, 0) is 16.8 Å². The maximum atomic E-state index is 3.98. The summed E-state index contributed by atoms with van der Waals surface area (Å²) >= 11 is -2.14. The van der Waals surface area contributed by atoms with Crippen LogP contribution in [0.2, 0.25) is 10.5 Å². The van der Waals surface area contributed by atoms with E-state index in [4.69, 9.17) is 0 Å². The van der Waals surface area contributed by atoms with Crippen molar-refractivity contribution >= 4 is 16.5 Å². The van der Waals surface area contributed by atoms with E-state index in [2.05, 4.69) is 73.1 Å². The van der Waals surface area contributed by atoms with Gasteiger partial charge in [0, 0.05) is 0 Å². The Bertz CT molecular complexity index is 536. The van der Waals surface area contributed by atoms with Gasteiger partial charge in [-0.25, -0.2) is 0 Å². The van der Waals surface area contributed by atoms with Crippen LogP contribution in [0, 0.1) is 0 Å². The zero-order chi connectivity index (χ0) is 14.4. The van der Waals surface area contributed by atoms with E-state index in [9.17, 15) is 0 Å². The predicted molar refractivity (Wildman–Crippen MR) is 93.4 cm³/mol. The number of allylic oxidation sites excluding steroid dienone is 2. The summed E-state index contributed by atoms with van der Waals surface area (Å²) in [7, 11) is 0. The Labute approximate surface area is 157 Å². The van der Waals surface area contributed by atoms with Crippen LogP contribution in [0.5, 0.6) is 0 Å². The number of fused-ring (bicyclic) bond motifs is 1. The summed E-state index contributed by atoms with van der Waals surface area (Å²) in [4.78, 5) is 0. The summed E-state index contributed by atoms with van der Waals surface area (Å²) in [6, 6.07) is 8.96. The first-order chi connectivity index (χ1) is 8.63. The molecule has 0 saturated carbocycles. The fourth-order valence-corrected chi connectivity index (χ4v) is 10.6. The second-order valence-electron chi connectivity index (χ2n) is 7.42. The molecule has 0 amide bonds. The third-order valence-corrected chi connectivity index (χ3v) is 9.71. The third kappa shape index (κ3) is 4.96. The Morgan fingerprint density at radius 1 is 1.00 bits per heavy atom. The number of rotatable bonds is 2. The molecule has 0 fully saturated rings. The monoisotopic (exact) mass is 395 g/mol. The molecule has 0 bridgehead atoms. The third-order valence-electron chi connectivity index (χ3n) is 4.12. The van der Waals surface area contributed by atoms with Crippen LogP contribution in [0.25, 0.3) is 5.57 Å². The molecule has 22 heavy (non-hydrogen) atoms. The zero-order valence-corrected chi connectivity index (χ0v) is 17.2. The molecule has 1 unspecified atom stereocenters. The van der Waals surface area contributed by atoms with Crippen molar-refractivity contribution in [3.63, 3.8) is 0 Å². The Kier molecular flexibility index (Phi) is 9.54. The van der Waals surface area contributed by atoms with Crippen LogP contribution in [0.15, 0.2) is 29.8 Å². The number of halogens is 2. The Balaban J connectivity index is 0. The van der Waals surface area contributed by atoms with E-state index in [1.54, 1.807) is 11.1 Å². The molecule has 1 aromatic carbocycles. The molecule has 0 aliphatic heterocycles. The van der Waals surface area contributed by atoms with Gasteiger partial charge in [-0.1, -0.05) is 0 Å². The molecule has 1 nitrogen and oxygen atoms in total. The number of hydrogen-bond donors (Lipinski definition) is 1. The zero-order valence-electron chi connectivity index (χ0n) is 14.1. The van der Waals surface area contributed by atoms with Gasteiger partial charge >= 0.3 is 122 Å². The summed E-state index contributed by atoms with van der Waals surface area (Å²) in [5, 5.41) is 5.02. The first-order valence-electron chi connectivity index (χ1n) is 7.19. The Morgan fingerprint density at radius 2 is 1.50 bits per heavy atom. The minimum atomic E-state index is -2.14. The SMILES string of the molecule is CC1=C(C)[CH]([Ti+2]([CH3])([CH3])[NH]C(C)(C)C)c2ccccc21.[Cl-].[Cl-].[SiH4]. The Morgan fingerprint density at radius 3 is 2.00 bits per heavy atom. The van der Waals surface area contributed by atoms with Crippen molar-refractivity contribution < 1.29 is 41.7 Å². The van der Waals surface area contributed by atoms with Gasteiger partial charge in [0.15, 0.2) is 0 Å². The van der Waals surface area contributed by atoms with E-state index >= 15 is 0 Å². The van der Waals surface area contributed by atoms with Crippen molar-refractivity contribution in [3.05, 3.63) is 41.0 Å². The van der Waals surface area contributed by atoms with Crippen LogP contribution >= 0.6 is 0 Å². The fourth-order valence-electron chi connectivity index (χ4n) is 3.72. The molecule has 5 heteroatoms. The van der Waals surface area contributed by atoms with Crippen molar-refractivity contribution in [3.8, 4) is 0 Å². The number of benzene rings is 1. The molecule has 126 valence electrons. The largest absolute Gasteiger partial charge is 1.00 e. The predicted octanol–water partition coefficient (Wildman–Crippen LogP) is -2.36. The van der Waals surface area contributed by atoms with Gasteiger partial charge in [0.05, 0.1) is 0 Å². The van der Waals surface area contributed by atoms with Crippen LogP contribution in [-0.4, -0.2) is 16.5 Å². The second kappa shape index (κ2) is 8.51. The van der Waals surface area contributed by atoms with E-state index in [1.807, 2.05) is 0 Å². The molecule has 1 atom stereocenters. The molecular weight excluding hydrogens is 365 g/mol. The maximum Gasteiger partial charge on any atom is -0.0149 e. The van der Waals surface area contributed by atoms with E-state index < -0.39 is 16.8 Å². The Hall–Kier alpha value is 0.431. The molecule has 0 heterocycles. The summed E-state index contributed by atoms with van der Waals surface area (Å²) in [5.74, 6) is 0. The topological polar surface area (TPSA) is 12.0 Å². The molecule has 1 aliphatic carbocycles. The number of nitrogens with one attached hydrogen (secondary N) is 1. The van der Waals surface area contributed by atoms with Gasteiger partial charge in [-0.05, 0) is 11.0 Å². The standard InChI is InChI=1S/C11H11.C4H10N.2CH3.2ClH.H4Si.Ti/c1-8-7-10-5-3-4-6-11(10)9(8)2;1-4(2,3)5;;;;;;/h3-7H,1-2H3;5H,1-3H3;2*1H3;2*1H;1H4;/q;-1;;;;;;+3/p-2. The van der Waals surface area contributed by atoms with Crippen LogP contribution in [0.3, 0.4) is 0 Å². The molecule has 0 aromatic heterocycles. The molecule has 0 radical (unpaired) electrons. The van der Waals surface area contributed by atoms with Gasteiger partial charge in [0.2, 0.25) is 0 Å². The van der Waals surface area contributed by atoms with Gasteiger partial charge < -0.3 is 24.8 Å². The first-order valence-corrected chi connectivity index (χ1v) is 12.0. The van der Waals surface area contributed by atoms with Crippen molar-refractivity contribution in [1.82, 2.24) is 3.80 Å². The normalized spacial score (nSPS) is 16.4. The average molecular weight is 396 g/mol. The second-order valence-corrected chi connectivity index (χ2v) is 14.1. The van der Waals surface area contributed by atoms with Crippen molar-refractivity contribution in [2.45, 2.75) is 54.8 Å². The van der Waals surface area contributed by atoms with Gasteiger partial charge in [0.1, 0.15) is 0 Å². The molecular formula is C17H31Cl2NSiTi. The molecule has 1 aliphatic rings. The van der Waals surface area contributed by atoms with Crippen molar-refractivity contribution in [2.75, 3.05) is 0 Å². The quantitative estimate of drug-likeness (QED) is 0.552. The van der Waals surface area contributed by atoms with Crippen LogP contribution in [0.4, 0.5) is 0 Å². The van der Waals surface area contributed by atoms with Gasteiger partial charge in [0.25, 0.3) is 0 Å². The van der Waals surface area contributed by atoms with Crippen molar-refractivity contribution in [1.29, 1.82) is 0 Å². The molecule has 0 spiro atoms. The van der Waals surface area contributed by atoms with E-state index in [0.717, 1.165) is 0 Å². The minimum Gasteiger partial charge on any atom is -1.00 e. The summed E-state index contributed by atoms with van der Waals surface area (Å²) in [6.45, 7) is 11.5. The summed E-state index contributed by atoms with van der Waals surface area (Å²) in [5.41, 5.74) is 6.31. The molecule has 1 N–H and O–H groups in total. The van der Waals surface area contributed by atoms with E-state index in [0.29, 0.717) is 4.22 Å². The maximum absolute atomic E-state index is 3.98. The van der Waals surface area contributed by atoms with E-state index in [-0.39, 0.29) is 41.3 Å². The molecule has 0 saturated heterocycles. The minimum absolute atomic E-state index is 0. The van der Waals surface area contributed by atoms with E-state index in [1.165, 1.54) is 11.1 Å². The average Bonchev–Trinajstić information content (AvgIpc) is 2.49. The smallest absolute Gasteiger partial charge is 0.0149 e. The van der Waals surface area contributed by atoms with Gasteiger partial charge in [-0.2, -0.15) is 0 Å². The van der Waals surface area contributed by atoms with Gasteiger partial charge in [-0.15, -0.1) is 0 Å². The fraction of sp³-hybridized carbons (Fsp3) is 0.529. The van der Waals surface area contributed by atoms with Crippen LogP contribution in [0.1, 0.15) is 50.0 Å². The van der Waals surface area contributed by atoms with Crippen molar-refractivity contribution in [2.24, 2.45) is 0 Å². The molecule has 1 aromatic rings. The number of hydrogen-bond acceptors (Lipinski definition) is 1. The van der Waals surface area contributed by atoms with Gasteiger partial charge in [-0.3, -0.25) is 0 Å². The summed E-state index contributed by atoms with van der Waals surface area (Å²) < 4.78 is 4.63. The van der Waals surface area contributed by atoms with Crippen LogP contribution < -0.4 is 28.6 Å². The summed E-state index contributed by atoms with van der Waals surface area (Å²) in [6.07, 6.45) is 0.